The number of methoxy groups -OCH3 is 1. The van der Waals surface area contributed by atoms with Crippen molar-refractivity contribution >= 4 is 17.0 Å². The minimum Gasteiger partial charge on any atom is -0.497 e. The fraction of sp³-hybridized carbons (Fsp3) is 0.357. The second-order valence-corrected chi connectivity index (χ2v) is 10.1. The third-order valence-electron chi connectivity index (χ3n) is 6.23. The minimum absolute atomic E-state index is 0.239. The third kappa shape index (κ3) is 5.53. The van der Waals surface area contributed by atoms with Crippen LogP contribution in [0.5, 0.6) is 11.6 Å². The van der Waals surface area contributed by atoms with Gasteiger partial charge in [-0.25, -0.2) is 14.2 Å². The Morgan fingerprint density at radius 1 is 1.18 bits per heavy atom. The number of aromatic amines is 1. The van der Waals surface area contributed by atoms with Crippen molar-refractivity contribution in [2.24, 2.45) is 0 Å². The quantitative estimate of drug-likeness (QED) is 0.379. The number of nitrogens with zero attached hydrogens (tertiary/aromatic N) is 4. The lowest BCUT2D eigenvalue weighted by Crippen LogP contribution is -2.40. The number of carbonyl (C=O) groups excluding carboxylic acids is 1. The Morgan fingerprint density at radius 2 is 2.03 bits per heavy atom. The van der Waals surface area contributed by atoms with Gasteiger partial charge in [-0.1, -0.05) is 0 Å². The second-order valence-electron chi connectivity index (χ2n) is 10.1. The molecule has 0 unspecified atom stereocenters. The second kappa shape index (κ2) is 10.3. The number of amides is 1. The van der Waals surface area contributed by atoms with E-state index >= 15 is 0 Å². The first-order chi connectivity index (χ1) is 18.2. The average molecular weight is 520 g/mol. The predicted octanol–water partition coefficient (Wildman–Crippen LogP) is 5.08. The molecular weight excluding hydrogens is 489 g/mol. The first-order valence-electron chi connectivity index (χ1n) is 12.5. The highest BCUT2D eigenvalue weighted by Crippen LogP contribution is 2.30. The van der Waals surface area contributed by atoms with Crippen molar-refractivity contribution in [2.75, 3.05) is 20.3 Å². The van der Waals surface area contributed by atoms with Gasteiger partial charge in [0.1, 0.15) is 17.2 Å². The molecule has 0 fully saturated rings. The van der Waals surface area contributed by atoms with Gasteiger partial charge < -0.3 is 24.1 Å². The first-order valence-corrected chi connectivity index (χ1v) is 12.5. The van der Waals surface area contributed by atoms with Crippen molar-refractivity contribution < 1.29 is 23.4 Å². The van der Waals surface area contributed by atoms with Crippen LogP contribution in [0.25, 0.3) is 22.3 Å². The number of halogens is 1. The summed E-state index contributed by atoms with van der Waals surface area (Å²) >= 11 is 0. The van der Waals surface area contributed by atoms with E-state index in [1.54, 1.807) is 12.0 Å². The summed E-state index contributed by atoms with van der Waals surface area (Å²) in [4.78, 5) is 30.8. The summed E-state index contributed by atoms with van der Waals surface area (Å²) in [6.07, 6.45) is 5.34. The summed E-state index contributed by atoms with van der Waals surface area (Å²) in [5.41, 5.74) is 3.39. The van der Waals surface area contributed by atoms with E-state index in [-0.39, 0.29) is 12.4 Å². The standard InChI is InChI=1S/C28H30FN5O4/c1-28(2,3)38-27(35)34-9-7-22-24(16-34)32-25(18-11-19(29)15-30-13-18)33-26(22)37-10-8-17-14-31-23-12-20(36-4)5-6-21(17)23/h5-6,11-15,31H,7-10,16H2,1-4H3. The lowest BCUT2D eigenvalue weighted by atomic mass is 10.1. The van der Waals surface area contributed by atoms with Crippen molar-refractivity contribution in [1.82, 2.24) is 24.8 Å². The molecule has 1 N–H and O–H groups in total. The lowest BCUT2D eigenvalue weighted by Gasteiger charge is -2.31. The molecule has 4 aromatic rings. The summed E-state index contributed by atoms with van der Waals surface area (Å²) in [7, 11) is 1.64. The fourth-order valence-corrected chi connectivity index (χ4v) is 4.42. The Labute approximate surface area is 220 Å². The number of pyridine rings is 1. The SMILES string of the molecule is COc1ccc2c(CCOc3nc(-c4cncc(F)c4)nc4c3CCN(C(=O)OC(C)(C)C)C4)c[nH]c2c1. The summed E-state index contributed by atoms with van der Waals surface area (Å²) in [6.45, 7) is 6.55. The summed E-state index contributed by atoms with van der Waals surface area (Å²) in [5, 5.41) is 1.10. The van der Waals surface area contributed by atoms with Crippen molar-refractivity contribution in [3.63, 3.8) is 0 Å². The van der Waals surface area contributed by atoms with Gasteiger partial charge in [0.15, 0.2) is 5.82 Å². The molecule has 0 bridgehead atoms. The Bertz CT molecular complexity index is 1480. The van der Waals surface area contributed by atoms with Gasteiger partial charge in [0.05, 0.1) is 32.2 Å². The van der Waals surface area contributed by atoms with Crippen LogP contribution in [0, 0.1) is 5.82 Å². The smallest absolute Gasteiger partial charge is 0.410 e. The zero-order chi connectivity index (χ0) is 26.9. The molecule has 0 atom stereocenters. The lowest BCUT2D eigenvalue weighted by molar-refractivity contribution is 0.0219. The van der Waals surface area contributed by atoms with Gasteiger partial charge in [0.2, 0.25) is 5.88 Å². The Balaban J connectivity index is 1.40. The predicted molar refractivity (Wildman–Crippen MR) is 140 cm³/mol. The van der Waals surface area contributed by atoms with Crippen molar-refractivity contribution in [3.05, 3.63) is 65.5 Å². The number of hydrogen-bond acceptors (Lipinski definition) is 7. The van der Waals surface area contributed by atoms with E-state index in [1.807, 2.05) is 45.2 Å². The van der Waals surface area contributed by atoms with E-state index in [1.165, 1.54) is 12.3 Å². The number of fused-ring (bicyclic) bond motifs is 2. The fourth-order valence-electron chi connectivity index (χ4n) is 4.42. The van der Waals surface area contributed by atoms with E-state index < -0.39 is 17.5 Å². The van der Waals surface area contributed by atoms with Gasteiger partial charge in [0, 0.05) is 53.5 Å². The monoisotopic (exact) mass is 519 g/mol. The molecule has 0 saturated heterocycles. The number of aromatic nitrogens is 4. The van der Waals surface area contributed by atoms with Gasteiger partial charge in [0.25, 0.3) is 0 Å². The molecule has 9 nitrogen and oxygen atoms in total. The van der Waals surface area contributed by atoms with Crippen LogP contribution in [0.3, 0.4) is 0 Å². The van der Waals surface area contributed by atoms with Crippen LogP contribution in [0.4, 0.5) is 9.18 Å². The number of H-pyrrole nitrogens is 1. The van der Waals surface area contributed by atoms with E-state index in [9.17, 15) is 9.18 Å². The van der Waals surface area contributed by atoms with E-state index in [0.29, 0.717) is 43.1 Å². The van der Waals surface area contributed by atoms with Gasteiger partial charge in [-0.3, -0.25) is 4.98 Å². The van der Waals surface area contributed by atoms with Gasteiger partial charge >= 0.3 is 6.09 Å². The molecule has 38 heavy (non-hydrogen) atoms. The van der Waals surface area contributed by atoms with E-state index in [2.05, 4.69) is 19.9 Å². The van der Waals surface area contributed by atoms with Crippen LogP contribution in [0.15, 0.2) is 42.9 Å². The molecule has 0 aliphatic carbocycles. The van der Waals surface area contributed by atoms with Crippen molar-refractivity contribution in [1.29, 1.82) is 0 Å². The molecule has 0 saturated carbocycles. The molecule has 3 aromatic heterocycles. The Kier molecular flexibility index (Phi) is 6.88. The van der Waals surface area contributed by atoms with Crippen molar-refractivity contribution in [3.8, 4) is 23.0 Å². The molecule has 5 rings (SSSR count). The van der Waals surface area contributed by atoms with Crippen LogP contribution >= 0.6 is 0 Å². The molecule has 1 aliphatic rings. The highest BCUT2D eigenvalue weighted by atomic mass is 19.1. The average Bonchev–Trinajstić information content (AvgIpc) is 3.29. The van der Waals surface area contributed by atoms with Crippen LogP contribution in [0.1, 0.15) is 37.6 Å². The number of ether oxygens (including phenoxy) is 3. The maximum atomic E-state index is 13.9. The molecule has 1 aliphatic heterocycles. The van der Waals surface area contributed by atoms with Crippen LogP contribution in [0.2, 0.25) is 0 Å². The van der Waals surface area contributed by atoms with E-state index in [4.69, 9.17) is 14.2 Å². The number of rotatable bonds is 6. The summed E-state index contributed by atoms with van der Waals surface area (Å²) in [6, 6.07) is 7.23. The summed E-state index contributed by atoms with van der Waals surface area (Å²) < 4.78 is 31.0. The van der Waals surface area contributed by atoms with Gasteiger partial charge in [-0.15, -0.1) is 0 Å². The number of hydrogen-bond donors (Lipinski definition) is 1. The summed E-state index contributed by atoms with van der Waals surface area (Å²) in [5.74, 6) is 1.02. The first kappa shape index (κ1) is 25.4. The maximum Gasteiger partial charge on any atom is 0.410 e. The largest absolute Gasteiger partial charge is 0.497 e. The Morgan fingerprint density at radius 3 is 2.79 bits per heavy atom. The number of benzene rings is 1. The molecular formula is C28H30FN5O4. The molecule has 0 spiro atoms. The maximum absolute atomic E-state index is 13.9. The molecule has 4 heterocycles. The van der Waals surface area contributed by atoms with Gasteiger partial charge in [-0.2, -0.15) is 4.98 Å². The van der Waals surface area contributed by atoms with E-state index in [0.717, 1.165) is 34.0 Å². The molecule has 10 heteroatoms. The molecule has 0 radical (unpaired) electrons. The highest BCUT2D eigenvalue weighted by Gasteiger charge is 2.29. The minimum atomic E-state index is -0.608. The van der Waals surface area contributed by atoms with Crippen LogP contribution < -0.4 is 9.47 Å². The number of nitrogens with one attached hydrogen (secondary N) is 1. The normalized spacial score (nSPS) is 13.3. The molecule has 1 amide bonds. The third-order valence-corrected chi connectivity index (χ3v) is 6.23. The highest BCUT2D eigenvalue weighted by molar-refractivity contribution is 5.84. The van der Waals surface area contributed by atoms with Crippen LogP contribution in [-0.4, -0.2) is 56.8 Å². The Hall–Kier alpha value is -4.21. The topological polar surface area (TPSA) is 102 Å². The van der Waals surface area contributed by atoms with Crippen LogP contribution in [-0.2, 0) is 24.1 Å². The zero-order valence-electron chi connectivity index (χ0n) is 21.9. The van der Waals surface area contributed by atoms with Crippen molar-refractivity contribution in [2.45, 2.75) is 45.8 Å². The zero-order valence-corrected chi connectivity index (χ0v) is 21.9. The van der Waals surface area contributed by atoms with Gasteiger partial charge in [-0.05, 0) is 51.0 Å². The number of carbonyl (C=O) groups is 1. The molecule has 198 valence electrons. The molecule has 1 aromatic carbocycles.